The van der Waals surface area contributed by atoms with E-state index in [0.717, 1.165) is 12.5 Å². The molecule has 0 amide bonds. The lowest BCUT2D eigenvalue weighted by molar-refractivity contribution is 0.183. The van der Waals surface area contributed by atoms with Gasteiger partial charge in [-0.3, -0.25) is 0 Å². The molecule has 0 radical (unpaired) electrons. The summed E-state index contributed by atoms with van der Waals surface area (Å²) >= 11 is 0. The number of rotatable bonds is 6. The predicted octanol–water partition coefficient (Wildman–Crippen LogP) is 3.11. The lowest BCUT2D eigenvalue weighted by atomic mass is 9.80. The van der Waals surface area contributed by atoms with Gasteiger partial charge in [0.05, 0.1) is 6.61 Å². The molecule has 1 aromatic rings. The number of hydrogen-bond donors (Lipinski definition) is 1. The Morgan fingerprint density at radius 2 is 2.00 bits per heavy atom. The maximum atomic E-state index is 5.23. The zero-order chi connectivity index (χ0) is 12.1. The Morgan fingerprint density at radius 3 is 2.59 bits per heavy atom. The molecular formula is C15H23NO. The fraction of sp³-hybridized carbons (Fsp3) is 0.600. The predicted molar refractivity (Wildman–Crippen MR) is 70.8 cm³/mol. The topological polar surface area (TPSA) is 21.3 Å². The van der Waals surface area contributed by atoms with Crippen LogP contribution in [-0.2, 0) is 17.9 Å². The summed E-state index contributed by atoms with van der Waals surface area (Å²) in [5.74, 6) is 0.893. The number of nitrogens with one attached hydrogen (secondary N) is 1. The van der Waals surface area contributed by atoms with Crippen LogP contribution in [-0.4, -0.2) is 13.2 Å². The van der Waals surface area contributed by atoms with E-state index >= 15 is 0 Å². The van der Waals surface area contributed by atoms with Crippen LogP contribution in [0.1, 0.15) is 37.3 Å². The molecule has 0 aromatic heterocycles. The SMILES string of the molecule is COCc1ccccc1CNC(C)C1CCC1. The minimum absolute atomic E-state index is 0.638. The second-order valence-corrected chi connectivity index (χ2v) is 5.06. The molecule has 94 valence electrons. The lowest BCUT2D eigenvalue weighted by Crippen LogP contribution is -2.36. The van der Waals surface area contributed by atoms with Crippen LogP contribution in [0.4, 0.5) is 0 Å². The molecule has 2 rings (SSSR count). The molecule has 0 spiro atoms. The van der Waals surface area contributed by atoms with Crippen molar-refractivity contribution in [1.29, 1.82) is 0 Å². The van der Waals surface area contributed by atoms with Crippen molar-refractivity contribution in [2.75, 3.05) is 7.11 Å². The van der Waals surface area contributed by atoms with Gasteiger partial charge in [-0.15, -0.1) is 0 Å². The average Bonchev–Trinajstić information content (AvgIpc) is 2.26. The van der Waals surface area contributed by atoms with Crippen LogP contribution in [0.15, 0.2) is 24.3 Å². The minimum Gasteiger partial charge on any atom is -0.380 e. The van der Waals surface area contributed by atoms with Crippen LogP contribution >= 0.6 is 0 Å². The van der Waals surface area contributed by atoms with E-state index in [4.69, 9.17) is 4.74 Å². The van der Waals surface area contributed by atoms with Gasteiger partial charge in [-0.1, -0.05) is 30.7 Å². The standard InChI is InChI=1S/C15H23NO/c1-12(13-8-5-9-13)16-10-14-6-3-4-7-15(14)11-17-2/h3-4,6-7,12-13,16H,5,8-11H2,1-2H3. The summed E-state index contributed by atoms with van der Waals surface area (Å²) in [6.45, 7) is 3.97. The van der Waals surface area contributed by atoms with Gasteiger partial charge in [0.25, 0.3) is 0 Å². The van der Waals surface area contributed by atoms with Gasteiger partial charge in [0.15, 0.2) is 0 Å². The van der Waals surface area contributed by atoms with Crippen LogP contribution in [0.5, 0.6) is 0 Å². The molecule has 1 atom stereocenters. The van der Waals surface area contributed by atoms with Crippen molar-refractivity contribution in [3.05, 3.63) is 35.4 Å². The Balaban J connectivity index is 1.88. The molecule has 1 N–H and O–H groups in total. The number of hydrogen-bond acceptors (Lipinski definition) is 2. The summed E-state index contributed by atoms with van der Waals surface area (Å²) in [5, 5.41) is 3.64. The fourth-order valence-corrected chi connectivity index (χ4v) is 2.40. The molecule has 1 aliphatic carbocycles. The molecule has 1 aromatic carbocycles. The highest BCUT2D eigenvalue weighted by Gasteiger charge is 2.23. The second kappa shape index (κ2) is 6.18. The molecular weight excluding hydrogens is 210 g/mol. The van der Waals surface area contributed by atoms with Crippen LogP contribution in [0.25, 0.3) is 0 Å². The average molecular weight is 233 g/mol. The monoisotopic (exact) mass is 233 g/mol. The van der Waals surface area contributed by atoms with E-state index in [0.29, 0.717) is 12.6 Å². The summed E-state index contributed by atoms with van der Waals surface area (Å²) in [4.78, 5) is 0. The maximum absolute atomic E-state index is 5.23. The third-order valence-electron chi connectivity index (χ3n) is 3.89. The van der Waals surface area contributed by atoms with Crippen molar-refractivity contribution < 1.29 is 4.74 Å². The first-order chi connectivity index (χ1) is 8.31. The van der Waals surface area contributed by atoms with E-state index in [9.17, 15) is 0 Å². The summed E-state index contributed by atoms with van der Waals surface area (Å²) in [5.41, 5.74) is 2.66. The van der Waals surface area contributed by atoms with Gasteiger partial charge >= 0.3 is 0 Å². The van der Waals surface area contributed by atoms with Gasteiger partial charge in [0, 0.05) is 19.7 Å². The summed E-state index contributed by atoms with van der Waals surface area (Å²) in [7, 11) is 1.75. The van der Waals surface area contributed by atoms with Crippen molar-refractivity contribution in [2.45, 2.75) is 45.4 Å². The van der Waals surface area contributed by atoms with Crippen molar-refractivity contribution in [3.8, 4) is 0 Å². The highest BCUT2D eigenvalue weighted by Crippen LogP contribution is 2.29. The number of ether oxygens (including phenoxy) is 1. The second-order valence-electron chi connectivity index (χ2n) is 5.06. The summed E-state index contributed by atoms with van der Waals surface area (Å²) < 4.78 is 5.23. The molecule has 0 bridgehead atoms. The molecule has 0 heterocycles. The Kier molecular flexibility index (Phi) is 4.57. The van der Waals surface area contributed by atoms with Gasteiger partial charge in [0.1, 0.15) is 0 Å². The lowest BCUT2D eigenvalue weighted by Gasteiger charge is -2.32. The minimum atomic E-state index is 0.638. The largest absolute Gasteiger partial charge is 0.380 e. The zero-order valence-electron chi connectivity index (χ0n) is 10.9. The van der Waals surface area contributed by atoms with Gasteiger partial charge in [-0.2, -0.15) is 0 Å². The molecule has 2 nitrogen and oxygen atoms in total. The molecule has 0 aliphatic heterocycles. The van der Waals surface area contributed by atoms with Gasteiger partial charge in [-0.05, 0) is 36.8 Å². The van der Waals surface area contributed by atoms with Crippen molar-refractivity contribution in [1.82, 2.24) is 5.32 Å². The first-order valence-corrected chi connectivity index (χ1v) is 6.60. The molecule has 2 heteroatoms. The van der Waals surface area contributed by atoms with Gasteiger partial charge in [0.2, 0.25) is 0 Å². The van der Waals surface area contributed by atoms with Crippen LogP contribution in [0.3, 0.4) is 0 Å². The Hall–Kier alpha value is -0.860. The smallest absolute Gasteiger partial charge is 0.0716 e. The maximum Gasteiger partial charge on any atom is 0.0716 e. The highest BCUT2D eigenvalue weighted by molar-refractivity contribution is 5.26. The van der Waals surface area contributed by atoms with Crippen LogP contribution < -0.4 is 5.32 Å². The summed E-state index contributed by atoms with van der Waals surface area (Å²) in [6.07, 6.45) is 4.21. The van der Waals surface area contributed by atoms with E-state index in [2.05, 4.69) is 36.5 Å². The zero-order valence-corrected chi connectivity index (χ0v) is 10.9. The molecule has 1 aliphatic rings. The van der Waals surface area contributed by atoms with E-state index in [1.165, 1.54) is 30.4 Å². The van der Waals surface area contributed by atoms with Gasteiger partial charge < -0.3 is 10.1 Å². The van der Waals surface area contributed by atoms with E-state index in [1.807, 2.05) is 0 Å². The quantitative estimate of drug-likeness (QED) is 0.815. The van der Waals surface area contributed by atoms with Gasteiger partial charge in [-0.25, -0.2) is 0 Å². The first-order valence-electron chi connectivity index (χ1n) is 6.60. The molecule has 0 saturated heterocycles. The van der Waals surface area contributed by atoms with E-state index < -0.39 is 0 Å². The van der Waals surface area contributed by atoms with Crippen LogP contribution in [0.2, 0.25) is 0 Å². The third-order valence-corrected chi connectivity index (χ3v) is 3.89. The third kappa shape index (κ3) is 3.30. The van der Waals surface area contributed by atoms with Crippen molar-refractivity contribution >= 4 is 0 Å². The van der Waals surface area contributed by atoms with Crippen molar-refractivity contribution in [3.63, 3.8) is 0 Å². The molecule has 1 saturated carbocycles. The number of benzene rings is 1. The highest BCUT2D eigenvalue weighted by atomic mass is 16.5. The normalized spacial score (nSPS) is 17.8. The van der Waals surface area contributed by atoms with E-state index in [-0.39, 0.29) is 0 Å². The molecule has 1 unspecified atom stereocenters. The Labute approximate surface area is 104 Å². The van der Waals surface area contributed by atoms with E-state index in [1.54, 1.807) is 7.11 Å². The summed E-state index contributed by atoms with van der Waals surface area (Å²) in [6, 6.07) is 9.15. The fourth-order valence-electron chi connectivity index (χ4n) is 2.40. The Morgan fingerprint density at radius 1 is 1.29 bits per heavy atom. The molecule has 1 fully saturated rings. The first kappa shape index (κ1) is 12.6. The Bertz CT molecular complexity index is 347. The number of methoxy groups -OCH3 is 1. The molecule has 17 heavy (non-hydrogen) atoms. The van der Waals surface area contributed by atoms with Crippen LogP contribution in [0, 0.1) is 5.92 Å². The van der Waals surface area contributed by atoms with Crippen molar-refractivity contribution in [2.24, 2.45) is 5.92 Å².